The summed E-state index contributed by atoms with van der Waals surface area (Å²) in [5, 5.41) is 11.1. The molecule has 0 radical (unpaired) electrons. The zero-order chi connectivity index (χ0) is 22.7. The summed E-state index contributed by atoms with van der Waals surface area (Å²) in [5.41, 5.74) is 2.02. The van der Waals surface area contributed by atoms with Crippen molar-refractivity contribution < 1.29 is 19.4 Å². The van der Waals surface area contributed by atoms with Crippen LogP contribution in [0.4, 0.5) is 0 Å². The third kappa shape index (κ3) is 4.29. The van der Waals surface area contributed by atoms with Gasteiger partial charge in [-0.1, -0.05) is 34.1 Å². The van der Waals surface area contributed by atoms with Gasteiger partial charge in [0.15, 0.2) is 0 Å². The van der Waals surface area contributed by atoms with E-state index in [1.165, 1.54) is 4.90 Å². The number of aliphatic hydroxyl groups is 1. The number of Topliss-reactive ketones (excluding diaryl/α,β-unsaturated/α-hetero) is 1. The molecule has 1 unspecified atom stereocenters. The van der Waals surface area contributed by atoms with E-state index in [4.69, 9.17) is 4.74 Å². The summed E-state index contributed by atoms with van der Waals surface area (Å²) in [5.74, 6) is -0.930. The quantitative estimate of drug-likeness (QED) is 0.301. The molecule has 0 aliphatic carbocycles. The van der Waals surface area contributed by atoms with Crippen LogP contribution in [-0.4, -0.2) is 33.3 Å². The van der Waals surface area contributed by atoms with Crippen molar-refractivity contribution in [3.05, 3.63) is 99.8 Å². The first-order valence-electron chi connectivity index (χ1n) is 10.2. The maximum atomic E-state index is 13.1. The largest absolute Gasteiger partial charge is 0.507 e. The Morgan fingerprint density at radius 1 is 1.09 bits per heavy atom. The van der Waals surface area contributed by atoms with Gasteiger partial charge in [-0.2, -0.15) is 0 Å². The highest BCUT2D eigenvalue weighted by atomic mass is 79.9. The molecule has 1 atom stereocenters. The number of rotatable bonds is 6. The Labute approximate surface area is 194 Å². The molecule has 32 heavy (non-hydrogen) atoms. The number of carbonyl (C=O) groups excluding carboxylic acids is 2. The second-order valence-electron chi connectivity index (χ2n) is 7.30. The number of aliphatic hydroxyl groups excluding tert-OH is 1. The number of aromatic nitrogens is 1. The molecule has 0 saturated carbocycles. The summed E-state index contributed by atoms with van der Waals surface area (Å²) in [4.78, 5) is 31.7. The predicted octanol–water partition coefficient (Wildman–Crippen LogP) is 4.86. The third-order valence-corrected chi connectivity index (χ3v) is 5.77. The maximum Gasteiger partial charge on any atom is 0.295 e. The van der Waals surface area contributed by atoms with Gasteiger partial charge in [0.2, 0.25) is 0 Å². The lowest BCUT2D eigenvalue weighted by Crippen LogP contribution is -2.29. The highest BCUT2D eigenvalue weighted by Gasteiger charge is 2.46. The Kier molecular flexibility index (Phi) is 6.37. The van der Waals surface area contributed by atoms with Crippen molar-refractivity contribution >= 4 is 33.4 Å². The highest BCUT2D eigenvalue weighted by Crippen LogP contribution is 2.40. The molecule has 1 aromatic heterocycles. The molecule has 1 fully saturated rings. The van der Waals surface area contributed by atoms with Gasteiger partial charge in [0.25, 0.3) is 11.7 Å². The van der Waals surface area contributed by atoms with Gasteiger partial charge in [0, 0.05) is 29.0 Å². The Morgan fingerprint density at radius 2 is 1.81 bits per heavy atom. The van der Waals surface area contributed by atoms with Gasteiger partial charge in [0.1, 0.15) is 11.5 Å². The molecule has 7 heteroatoms. The van der Waals surface area contributed by atoms with Crippen LogP contribution >= 0.6 is 15.9 Å². The van der Waals surface area contributed by atoms with Crippen LogP contribution < -0.4 is 4.74 Å². The fourth-order valence-corrected chi connectivity index (χ4v) is 4.02. The molecule has 1 saturated heterocycles. The zero-order valence-electron chi connectivity index (χ0n) is 17.4. The molecule has 6 nitrogen and oxygen atoms in total. The van der Waals surface area contributed by atoms with Gasteiger partial charge in [-0.3, -0.25) is 14.6 Å². The second kappa shape index (κ2) is 9.36. The van der Waals surface area contributed by atoms with Crippen LogP contribution in [0.15, 0.2) is 83.1 Å². The van der Waals surface area contributed by atoms with Crippen LogP contribution in [0.3, 0.4) is 0 Å². The minimum Gasteiger partial charge on any atom is -0.507 e. The monoisotopic (exact) mass is 492 g/mol. The molecule has 2 heterocycles. The summed E-state index contributed by atoms with van der Waals surface area (Å²) in [6, 6.07) is 17.0. The number of hydrogen-bond donors (Lipinski definition) is 1. The SMILES string of the molecule is CCOc1ccc(C(O)=C2C(=O)C(=O)N(Cc3cccnc3)C2c2ccc(Br)cc2)cc1. The van der Waals surface area contributed by atoms with Gasteiger partial charge in [0.05, 0.1) is 18.2 Å². The molecule has 4 rings (SSSR count). The Bertz CT molecular complexity index is 1160. The average molecular weight is 493 g/mol. The molecular formula is C25H21BrN2O4. The van der Waals surface area contributed by atoms with Crippen LogP contribution in [0, 0.1) is 0 Å². The van der Waals surface area contributed by atoms with Gasteiger partial charge in [-0.05, 0) is 60.5 Å². The molecule has 1 aliphatic heterocycles. The smallest absolute Gasteiger partial charge is 0.295 e. The number of amides is 1. The number of ketones is 1. The number of likely N-dealkylation sites (tertiary alicyclic amines) is 1. The van der Waals surface area contributed by atoms with Crippen LogP contribution in [0.25, 0.3) is 5.76 Å². The van der Waals surface area contributed by atoms with E-state index in [-0.39, 0.29) is 17.9 Å². The van der Waals surface area contributed by atoms with Gasteiger partial charge in [-0.15, -0.1) is 0 Å². The minimum absolute atomic E-state index is 0.0605. The fourth-order valence-electron chi connectivity index (χ4n) is 3.75. The van der Waals surface area contributed by atoms with Crippen LogP contribution in [0.1, 0.15) is 29.7 Å². The number of carbonyl (C=O) groups is 2. The van der Waals surface area contributed by atoms with Crippen molar-refractivity contribution in [2.75, 3.05) is 6.61 Å². The van der Waals surface area contributed by atoms with E-state index in [1.807, 2.05) is 37.3 Å². The van der Waals surface area contributed by atoms with Crippen molar-refractivity contribution in [1.82, 2.24) is 9.88 Å². The first-order valence-corrected chi connectivity index (χ1v) is 10.9. The highest BCUT2D eigenvalue weighted by molar-refractivity contribution is 9.10. The molecule has 1 amide bonds. The van der Waals surface area contributed by atoms with E-state index >= 15 is 0 Å². The standard InChI is InChI=1S/C25H21BrN2O4/c1-2-32-20-11-7-18(8-12-20)23(29)21-22(17-5-9-19(26)10-6-17)28(25(31)24(21)30)15-16-4-3-13-27-14-16/h3-14,22,29H,2,15H2,1H3. The molecule has 3 aromatic rings. The van der Waals surface area contributed by atoms with Crippen molar-refractivity contribution in [2.24, 2.45) is 0 Å². The lowest BCUT2D eigenvalue weighted by atomic mass is 9.95. The van der Waals surface area contributed by atoms with Crippen molar-refractivity contribution in [3.63, 3.8) is 0 Å². The third-order valence-electron chi connectivity index (χ3n) is 5.24. The molecule has 162 valence electrons. The van der Waals surface area contributed by atoms with Crippen LogP contribution in [0.2, 0.25) is 0 Å². The summed E-state index contributed by atoms with van der Waals surface area (Å²) in [6.45, 7) is 2.60. The van der Waals surface area contributed by atoms with E-state index in [0.29, 0.717) is 17.9 Å². The van der Waals surface area contributed by atoms with E-state index < -0.39 is 17.7 Å². The number of hydrogen-bond acceptors (Lipinski definition) is 5. The summed E-state index contributed by atoms with van der Waals surface area (Å²) in [6.07, 6.45) is 3.31. The lowest BCUT2D eigenvalue weighted by molar-refractivity contribution is -0.140. The zero-order valence-corrected chi connectivity index (χ0v) is 19.0. The van der Waals surface area contributed by atoms with Crippen LogP contribution in [0.5, 0.6) is 5.75 Å². The molecule has 0 spiro atoms. The Morgan fingerprint density at radius 3 is 2.44 bits per heavy atom. The second-order valence-corrected chi connectivity index (χ2v) is 8.21. The summed E-state index contributed by atoms with van der Waals surface area (Å²) < 4.78 is 6.32. The number of pyridine rings is 1. The van der Waals surface area contributed by atoms with E-state index in [9.17, 15) is 14.7 Å². The van der Waals surface area contributed by atoms with Crippen LogP contribution in [-0.2, 0) is 16.1 Å². The average Bonchev–Trinajstić information content (AvgIpc) is 3.05. The maximum absolute atomic E-state index is 13.1. The normalized spacial score (nSPS) is 17.6. The fraction of sp³-hybridized carbons (Fsp3) is 0.160. The first-order chi connectivity index (χ1) is 15.5. The van der Waals surface area contributed by atoms with Crippen molar-refractivity contribution in [2.45, 2.75) is 19.5 Å². The number of halogens is 1. The van der Waals surface area contributed by atoms with Crippen molar-refractivity contribution in [1.29, 1.82) is 0 Å². The topological polar surface area (TPSA) is 79.7 Å². The van der Waals surface area contributed by atoms with E-state index in [0.717, 1.165) is 15.6 Å². The number of nitrogens with zero attached hydrogens (tertiary/aromatic N) is 2. The molecule has 2 aromatic carbocycles. The Hall–Kier alpha value is -3.45. The molecule has 0 bridgehead atoms. The summed E-state index contributed by atoms with van der Waals surface area (Å²) in [7, 11) is 0. The number of ether oxygens (including phenoxy) is 1. The van der Waals surface area contributed by atoms with E-state index in [1.54, 1.807) is 42.7 Å². The van der Waals surface area contributed by atoms with Gasteiger partial charge in [-0.25, -0.2) is 0 Å². The van der Waals surface area contributed by atoms with Gasteiger partial charge >= 0.3 is 0 Å². The predicted molar refractivity (Wildman–Crippen MR) is 124 cm³/mol. The van der Waals surface area contributed by atoms with E-state index in [2.05, 4.69) is 20.9 Å². The molecule has 1 N–H and O–H groups in total. The molecular weight excluding hydrogens is 472 g/mol. The molecule has 1 aliphatic rings. The van der Waals surface area contributed by atoms with Crippen molar-refractivity contribution in [3.8, 4) is 5.75 Å². The minimum atomic E-state index is -0.727. The summed E-state index contributed by atoms with van der Waals surface area (Å²) >= 11 is 3.42. The Balaban J connectivity index is 1.81. The van der Waals surface area contributed by atoms with Gasteiger partial charge < -0.3 is 14.7 Å². The first kappa shape index (κ1) is 21.8. The lowest BCUT2D eigenvalue weighted by Gasteiger charge is -2.25. The number of benzene rings is 2.